The van der Waals surface area contributed by atoms with Crippen molar-refractivity contribution in [2.24, 2.45) is 0 Å². The Hall–Kier alpha value is -8.15. The van der Waals surface area contributed by atoms with Crippen molar-refractivity contribution >= 4 is 0 Å². The van der Waals surface area contributed by atoms with Gasteiger partial charge >= 0.3 is 0 Å². The number of nitrogens with zero attached hydrogens (tertiary/aromatic N) is 5. The maximum atomic E-state index is 5.29. The molecule has 3 heterocycles. The summed E-state index contributed by atoms with van der Waals surface area (Å²) in [7, 11) is 0. The zero-order chi connectivity index (χ0) is 41.8. The van der Waals surface area contributed by atoms with Crippen LogP contribution in [-0.4, -0.2) is 24.9 Å². The molecule has 7 aromatic carbocycles. The van der Waals surface area contributed by atoms with Crippen molar-refractivity contribution in [2.75, 3.05) is 0 Å². The molecule has 0 saturated carbocycles. The third-order valence-electron chi connectivity index (χ3n) is 11.1. The summed E-state index contributed by atoms with van der Waals surface area (Å²) in [5.41, 5.74) is 18.0. The number of aromatic nitrogens is 5. The highest BCUT2D eigenvalue weighted by Crippen LogP contribution is 2.45. The molecule has 0 aliphatic heterocycles. The van der Waals surface area contributed by atoms with Gasteiger partial charge in [-0.1, -0.05) is 188 Å². The summed E-state index contributed by atoms with van der Waals surface area (Å²) in [5.74, 6) is 1.35. The molecule has 0 aliphatic carbocycles. The molecule has 5 nitrogen and oxygen atoms in total. The molecule has 5 heteroatoms. The van der Waals surface area contributed by atoms with E-state index < -0.39 is 0 Å². The fourth-order valence-corrected chi connectivity index (χ4v) is 8.19. The first-order valence-electron chi connectivity index (χ1n) is 20.8. The Labute approximate surface area is 362 Å². The molecule has 0 radical (unpaired) electrons. The first-order valence-corrected chi connectivity index (χ1v) is 20.8. The summed E-state index contributed by atoms with van der Waals surface area (Å²) in [4.78, 5) is 25.4. The number of pyridine rings is 1. The number of rotatable bonds is 9. The minimum atomic E-state index is 0.672. The average molecular weight is 796 g/mol. The third kappa shape index (κ3) is 7.83. The highest BCUT2D eigenvalue weighted by atomic mass is 14.9. The Bertz CT molecular complexity index is 3030. The molecule has 0 saturated heterocycles. The molecule has 0 atom stereocenters. The molecule has 0 N–H and O–H groups in total. The smallest absolute Gasteiger partial charge is 0.160 e. The molecule has 0 unspecified atom stereocenters. The second-order valence-corrected chi connectivity index (χ2v) is 15.4. The van der Waals surface area contributed by atoms with E-state index in [4.69, 9.17) is 24.9 Å². The van der Waals surface area contributed by atoms with Gasteiger partial charge in [-0.25, -0.2) is 19.9 Å². The fourth-order valence-electron chi connectivity index (χ4n) is 8.19. The fraction of sp³-hybridized carbons (Fsp3) is 0.0351. The van der Waals surface area contributed by atoms with Gasteiger partial charge in [0.25, 0.3) is 0 Å². The van der Waals surface area contributed by atoms with Crippen molar-refractivity contribution in [3.8, 4) is 101 Å². The molecular weight excluding hydrogens is 755 g/mol. The largest absolute Gasteiger partial charge is 0.258 e. The van der Waals surface area contributed by atoms with Crippen LogP contribution in [0.3, 0.4) is 0 Å². The zero-order valence-electron chi connectivity index (χ0n) is 34.4. The van der Waals surface area contributed by atoms with Crippen molar-refractivity contribution < 1.29 is 0 Å². The lowest BCUT2D eigenvalue weighted by Crippen LogP contribution is -1.99. The zero-order valence-corrected chi connectivity index (χ0v) is 34.4. The molecule has 10 aromatic rings. The van der Waals surface area contributed by atoms with Crippen LogP contribution in [0.4, 0.5) is 0 Å². The standard InChI is InChI=1S/C57H41N5/c1-38-34-46(35-39(2)58-38)48-29-17-28-47(40-30-32-45(33-31-40)57-59-51(41-18-7-3-8-19-41)36-52(60-57)42-20-9-4-10-21-42)55(48)50-27-16-15-26-49(50)54-37-53(43-22-11-5-12-23-43)61-56(62-54)44-24-13-6-14-25-44/h3-37H,1-2H3. The first-order chi connectivity index (χ1) is 30.5. The predicted octanol–water partition coefficient (Wildman–Crippen LogP) is 14.3. The van der Waals surface area contributed by atoms with E-state index in [1.54, 1.807) is 0 Å². The average Bonchev–Trinajstić information content (AvgIpc) is 3.34. The Balaban J connectivity index is 1.15. The summed E-state index contributed by atoms with van der Waals surface area (Å²) >= 11 is 0. The Kier molecular flexibility index (Phi) is 10.3. The van der Waals surface area contributed by atoms with Crippen molar-refractivity contribution in [2.45, 2.75) is 13.8 Å². The van der Waals surface area contributed by atoms with E-state index in [9.17, 15) is 0 Å². The molecule has 0 bridgehead atoms. The van der Waals surface area contributed by atoms with Crippen LogP contribution in [0.5, 0.6) is 0 Å². The Morgan fingerprint density at radius 3 is 1.10 bits per heavy atom. The number of hydrogen-bond donors (Lipinski definition) is 0. The van der Waals surface area contributed by atoms with Crippen LogP contribution >= 0.6 is 0 Å². The predicted molar refractivity (Wildman–Crippen MR) is 254 cm³/mol. The number of benzene rings is 7. The van der Waals surface area contributed by atoms with Crippen LogP contribution in [-0.2, 0) is 0 Å². The lowest BCUT2D eigenvalue weighted by molar-refractivity contribution is 1.12. The van der Waals surface area contributed by atoms with E-state index >= 15 is 0 Å². The van der Waals surface area contributed by atoms with Gasteiger partial charge in [0.2, 0.25) is 0 Å². The van der Waals surface area contributed by atoms with Gasteiger partial charge in [0.15, 0.2) is 11.6 Å². The van der Waals surface area contributed by atoms with Crippen molar-refractivity contribution in [3.63, 3.8) is 0 Å². The number of hydrogen-bond acceptors (Lipinski definition) is 5. The second kappa shape index (κ2) is 16.8. The van der Waals surface area contributed by atoms with E-state index in [0.29, 0.717) is 11.6 Å². The maximum Gasteiger partial charge on any atom is 0.160 e. The summed E-state index contributed by atoms with van der Waals surface area (Å²) in [6.45, 7) is 4.11. The van der Waals surface area contributed by atoms with Gasteiger partial charge in [0.05, 0.1) is 22.8 Å². The van der Waals surface area contributed by atoms with Crippen molar-refractivity contribution in [1.82, 2.24) is 24.9 Å². The quantitative estimate of drug-likeness (QED) is 0.146. The van der Waals surface area contributed by atoms with Crippen LogP contribution in [0.2, 0.25) is 0 Å². The van der Waals surface area contributed by atoms with Gasteiger partial charge in [-0.2, -0.15) is 0 Å². The molecule has 0 aliphatic rings. The topological polar surface area (TPSA) is 64.5 Å². The third-order valence-corrected chi connectivity index (χ3v) is 11.1. The van der Waals surface area contributed by atoms with E-state index in [0.717, 1.165) is 101 Å². The molecule has 0 amide bonds. The summed E-state index contributed by atoms with van der Waals surface area (Å²) in [5, 5.41) is 0. The molecule has 10 rings (SSSR count). The Morgan fingerprint density at radius 1 is 0.242 bits per heavy atom. The first kappa shape index (κ1) is 38.1. The van der Waals surface area contributed by atoms with Gasteiger partial charge in [0, 0.05) is 44.8 Å². The molecule has 62 heavy (non-hydrogen) atoms. The second-order valence-electron chi connectivity index (χ2n) is 15.4. The van der Waals surface area contributed by atoms with Crippen LogP contribution in [0.1, 0.15) is 11.4 Å². The van der Waals surface area contributed by atoms with Crippen LogP contribution in [0.15, 0.2) is 212 Å². The van der Waals surface area contributed by atoms with Crippen LogP contribution in [0, 0.1) is 13.8 Å². The summed E-state index contributed by atoms with van der Waals surface area (Å²) in [6, 6.07) is 73.5. The number of aryl methyl sites for hydroxylation is 2. The highest BCUT2D eigenvalue weighted by molar-refractivity contribution is 5.99. The molecule has 0 fully saturated rings. The van der Waals surface area contributed by atoms with E-state index in [-0.39, 0.29) is 0 Å². The lowest BCUT2D eigenvalue weighted by Gasteiger charge is -2.20. The van der Waals surface area contributed by atoms with Gasteiger partial charge in [-0.3, -0.25) is 4.98 Å². The monoisotopic (exact) mass is 795 g/mol. The van der Waals surface area contributed by atoms with E-state index in [1.165, 1.54) is 0 Å². The van der Waals surface area contributed by atoms with Gasteiger partial charge in [0.1, 0.15) is 0 Å². The molecule has 294 valence electrons. The maximum absolute atomic E-state index is 5.29. The van der Waals surface area contributed by atoms with E-state index in [1.807, 2.05) is 72.8 Å². The van der Waals surface area contributed by atoms with Crippen LogP contribution < -0.4 is 0 Å². The van der Waals surface area contributed by atoms with E-state index in [2.05, 4.69) is 153 Å². The SMILES string of the molecule is Cc1cc(-c2cccc(-c3ccc(-c4nc(-c5ccccc5)cc(-c5ccccc5)n4)cc3)c2-c2ccccc2-c2cc(-c3ccccc3)nc(-c3ccccc3)n2)cc(C)n1. The highest BCUT2D eigenvalue weighted by Gasteiger charge is 2.21. The minimum Gasteiger partial charge on any atom is -0.258 e. The van der Waals surface area contributed by atoms with Crippen LogP contribution in [0.25, 0.3) is 101 Å². The summed E-state index contributed by atoms with van der Waals surface area (Å²) < 4.78 is 0. The summed E-state index contributed by atoms with van der Waals surface area (Å²) in [6.07, 6.45) is 0. The van der Waals surface area contributed by atoms with Gasteiger partial charge in [-0.15, -0.1) is 0 Å². The minimum absolute atomic E-state index is 0.672. The van der Waals surface area contributed by atoms with Gasteiger partial charge in [-0.05, 0) is 71.5 Å². The molecule has 3 aromatic heterocycles. The lowest BCUT2D eigenvalue weighted by atomic mass is 9.85. The normalized spacial score (nSPS) is 11.1. The molecular formula is C57H41N5. The van der Waals surface area contributed by atoms with Crippen molar-refractivity contribution in [3.05, 3.63) is 224 Å². The molecule has 0 spiro atoms. The van der Waals surface area contributed by atoms with Gasteiger partial charge < -0.3 is 0 Å². The Morgan fingerprint density at radius 2 is 0.597 bits per heavy atom. The van der Waals surface area contributed by atoms with Crippen molar-refractivity contribution in [1.29, 1.82) is 0 Å².